The topological polar surface area (TPSA) is 52.3 Å². The van der Waals surface area contributed by atoms with Crippen LogP contribution in [-0.2, 0) is 23.1 Å². The zero-order valence-corrected chi connectivity index (χ0v) is 12.7. The van der Waals surface area contributed by atoms with E-state index in [0.717, 1.165) is 21.8 Å². The third-order valence-corrected chi connectivity index (χ3v) is 4.57. The highest BCUT2D eigenvalue weighted by molar-refractivity contribution is 7.84. The molecular formula is C15H16ClNO2S. The maximum absolute atomic E-state index is 12.4. The Morgan fingerprint density at radius 2 is 1.90 bits per heavy atom. The molecule has 2 aromatic carbocycles. The van der Waals surface area contributed by atoms with Crippen molar-refractivity contribution in [3.63, 3.8) is 0 Å². The van der Waals surface area contributed by atoms with Crippen LogP contribution in [0.5, 0.6) is 5.75 Å². The van der Waals surface area contributed by atoms with Crippen molar-refractivity contribution in [1.82, 2.24) is 0 Å². The van der Waals surface area contributed by atoms with Crippen LogP contribution in [0.15, 0.2) is 47.4 Å². The van der Waals surface area contributed by atoms with Crippen LogP contribution in [0.3, 0.4) is 0 Å². The second-order valence-electron chi connectivity index (χ2n) is 4.29. The van der Waals surface area contributed by atoms with Gasteiger partial charge in [-0.3, -0.25) is 4.21 Å². The summed E-state index contributed by atoms with van der Waals surface area (Å²) in [6, 6.07) is 12.7. The van der Waals surface area contributed by atoms with Crippen LogP contribution >= 0.6 is 11.6 Å². The van der Waals surface area contributed by atoms with E-state index in [9.17, 15) is 4.21 Å². The van der Waals surface area contributed by atoms with E-state index in [-0.39, 0.29) is 0 Å². The zero-order valence-electron chi connectivity index (χ0n) is 11.1. The maximum atomic E-state index is 12.4. The van der Waals surface area contributed by atoms with Crippen LogP contribution < -0.4 is 10.5 Å². The first-order valence-electron chi connectivity index (χ1n) is 6.14. The third-order valence-electron chi connectivity index (χ3n) is 2.94. The predicted octanol–water partition coefficient (Wildman–Crippen LogP) is 3.12. The molecule has 0 spiro atoms. The van der Waals surface area contributed by atoms with Gasteiger partial charge in [0.2, 0.25) is 0 Å². The van der Waals surface area contributed by atoms with Crippen molar-refractivity contribution in [2.75, 3.05) is 7.11 Å². The molecule has 0 aliphatic carbocycles. The van der Waals surface area contributed by atoms with Crippen LogP contribution in [-0.4, -0.2) is 11.3 Å². The summed E-state index contributed by atoms with van der Waals surface area (Å²) in [4.78, 5) is 0.745. The molecule has 0 aliphatic rings. The minimum Gasteiger partial charge on any atom is -0.496 e. The minimum absolute atomic E-state index is 0.388. The summed E-state index contributed by atoms with van der Waals surface area (Å²) >= 11 is 5.83. The highest BCUT2D eigenvalue weighted by Crippen LogP contribution is 2.24. The molecule has 2 aromatic rings. The number of halogens is 1. The van der Waals surface area contributed by atoms with Crippen molar-refractivity contribution in [3.8, 4) is 5.75 Å². The van der Waals surface area contributed by atoms with Gasteiger partial charge in [0.1, 0.15) is 5.75 Å². The molecule has 0 aromatic heterocycles. The summed E-state index contributed by atoms with van der Waals surface area (Å²) in [5, 5.41) is 0.633. The Labute approximate surface area is 126 Å². The molecule has 0 heterocycles. The van der Waals surface area contributed by atoms with Gasteiger partial charge in [-0.2, -0.15) is 0 Å². The average Bonchev–Trinajstić information content (AvgIpc) is 2.47. The Bertz CT molecular complexity index is 614. The first kappa shape index (κ1) is 15.0. The van der Waals surface area contributed by atoms with E-state index in [0.29, 0.717) is 17.3 Å². The van der Waals surface area contributed by atoms with Crippen LogP contribution in [0.2, 0.25) is 5.02 Å². The van der Waals surface area contributed by atoms with E-state index in [4.69, 9.17) is 22.1 Å². The van der Waals surface area contributed by atoms with Crippen molar-refractivity contribution in [2.24, 2.45) is 5.73 Å². The molecule has 0 aliphatic heterocycles. The molecule has 0 saturated carbocycles. The minimum atomic E-state index is -1.14. The predicted molar refractivity (Wildman–Crippen MR) is 82.4 cm³/mol. The van der Waals surface area contributed by atoms with Crippen LogP contribution in [0.4, 0.5) is 0 Å². The van der Waals surface area contributed by atoms with E-state index < -0.39 is 10.8 Å². The van der Waals surface area contributed by atoms with Crippen LogP contribution in [0, 0.1) is 0 Å². The molecule has 1 unspecified atom stereocenters. The summed E-state index contributed by atoms with van der Waals surface area (Å²) < 4.78 is 17.7. The van der Waals surface area contributed by atoms with Crippen molar-refractivity contribution >= 4 is 22.4 Å². The van der Waals surface area contributed by atoms with Gasteiger partial charge in [-0.1, -0.05) is 17.7 Å². The van der Waals surface area contributed by atoms with Gasteiger partial charge in [0.05, 0.1) is 23.7 Å². The Hall–Kier alpha value is -1.36. The monoisotopic (exact) mass is 309 g/mol. The SMILES string of the molecule is COc1ccc(CN)cc1CS(=O)c1ccc(Cl)cc1. The van der Waals surface area contributed by atoms with Gasteiger partial charge in [-0.15, -0.1) is 0 Å². The molecule has 0 bridgehead atoms. The zero-order chi connectivity index (χ0) is 14.5. The number of nitrogens with two attached hydrogens (primary N) is 1. The maximum Gasteiger partial charge on any atom is 0.123 e. The van der Waals surface area contributed by atoms with Gasteiger partial charge in [-0.25, -0.2) is 0 Å². The second kappa shape index (κ2) is 6.88. The molecule has 5 heteroatoms. The first-order chi connectivity index (χ1) is 9.63. The van der Waals surface area contributed by atoms with Gasteiger partial charge in [0.15, 0.2) is 0 Å². The van der Waals surface area contributed by atoms with Crippen molar-refractivity contribution < 1.29 is 8.95 Å². The fraction of sp³-hybridized carbons (Fsp3) is 0.200. The number of methoxy groups -OCH3 is 1. The highest BCUT2D eigenvalue weighted by atomic mass is 35.5. The summed E-state index contributed by atoms with van der Waals surface area (Å²) in [6.45, 7) is 0.449. The number of benzene rings is 2. The molecule has 0 amide bonds. The standard InChI is InChI=1S/C15H16ClNO2S/c1-19-15-7-2-11(9-17)8-12(15)10-20(18)14-5-3-13(16)4-6-14/h2-8H,9-10,17H2,1H3. The van der Waals surface area contributed by atoms with E-state index in [1.807, 2.05) is 18.2 Å². The molecule has 2 N–H and O–H groups in total. The normalized spacial score (nSPS) is 12.2. The van der Waals surface area contributed by atoms with Gasteiger partial charge in [0, 0.05) is 22.0 Å². The Balaban J connectivity index is 2.24. The molecule has 106 valence electrons. The van der Waals surface area contributed by atoms with E-state index >= 15 is 0 Å². The third kappa shape index (κ3) is 3.60. The van der Waals surface area contributed by atoms with E-state index in [2.05, 4.69) is 0 Å². The molecule has 2 rings (SSSR count). The lowest BCUT2D eigenvalue weighted by atomic mass is 10.1. The van der Waals surface area contributed by atoms with Gasteiger partial charge < -0.3 is 10.5 Å². The van der Waals surface area contributed by atoms with Crippen molar-refractivity contribution in [1.29, 1.82) is 0 Å². The molecule has 0 radical (unpaired) electrons. The molecule has 1 atom stereocenters. The molecule has 0 fully saturated rings. The smallest absolute Gasteiger partial charge is 0.123 e. The Morgan fingerprint density at radius 3 is 2.50 bits per heavy atom. The molecule has 20 heavy (non-hydrogen) atoms. The van der Waals surface area contributed by atoms with Gasteiger partial charge >= 0.3 is 0 Å². The van der Waals surface area contributed by atoms with Gasteiger partial charge in [0.25, 0.3) is 0 Å². The van der Waals surface area contributed by atoms with E-state index in [1.165, 1.54) is 0 Å². The number of hydrogen-bond donors (Lipinski definition) is 1. The van der Waals surface area contributed by atoms with Gasteiger partial charge in [-0.05, 0) is 42.0 Å². The molecular weight excluding hydrogens is 294 g/mol. The number of hydrogen-bond acceptors (Lipinski definition) is 3. The number of rotatable bonds is 5. The van der Waals surface area contributed by atoms with Crippen LogP contribution in [0.1, 0.15) is 11.1 Å². The quantitative estimate of drug-likeness (QED) is 0.923. The Morgan fingerprint density at radius 1 is 1.20 bits per heavy atom. The van der Waals surface area contributed by atoms with Crippen LogP contribution in [0.25, 0.3) is 0 Å². The first-order valence-corrected chi connectivity index (χ1v) is 7.83. The largest absolute Gasteiger partial charge is 0.496 e. The highest BCUT2D eigenvalue weighted by Gasteiger charge is 2.10. The fourth-order valence-electron chi connectivity index (χ4n) is 1.88. The van der Waals surface area contributed by atoms with Crippen molar-refractivity contribution in [3.05, 3.63) is 58.6 Å². The lowest BCUT2D eigenvalue weighted by Crippen LogP contribution is -2.02. The Kier molecular flexibility index (Phi) is 5.17. The summed E-state index contributed by atoms with van der Waals surface area (Å²) in [6.07, 6.45) is 0. The van der Waals surface area contributed by atoms with Crippen molar-refractivity contribution in [2.45, 2.75) is 17.2 Å². The number of ether oxygens (including phenoxy) is 1. The summed E-state index contributed by atoms with van der Waals surface area (Å²) in [5.74, 6) is 1.11. The van der Waals surface area contributed by atoms with E-state index in [1.54, 1.807) is 31.4 Å². The lowest BCUT2D eigenvalue weighted by Gasteiger charge is -2.10. The lowest BCUT2D eigenvalue weighted by molar-refractivity contribution is 0.411. The fourth-order valence-corrected chi connectivity index (χ4v) is 3.12. The summed E-state index contributed by atoms with van der Waals surface area (Å²) in [5.41, 5.74) is 7.52. The molecule has 3 nitrogen and oxygen atoms in total. The second-order valence-corrected chi connectivity index (χ2v) is 6.18. The average molecular weight is 310 g/mol. The summed E-state index contributed by atoms with van der Waals surface area (Å²) in [7, 11) is 0.459. The molecule has 0 saturated heterocycles.